The summed E-state index contributed by atoms with van der Waals surface area (Å²) >= 11 is 0. The van der Waals surface area contributed by atoms with Crippen molar-refractivity contribution in [3.05, 3.63) is 35.4 Å². The Morgan fingerprint density at radius 2 is 1.89 bits per heavy atom. The van der Waals surface area contributed by atoms with Gasteiger partial charge in [0.25, 0.3) is 5.91 Å². The average molecular weight is 502 g/mol. The topological polar surface area (TPSA) is 108 Å². The summed E-state index contributed by atoms with van der Waals surface area (Å²) < 4.78 is 10.6. The maximum Gasteiger partial charge on any atom is 0.251 e. The van der Waals surface area contributed by atoms with Crippen LogP contribution in [0.3, 0.4) is 0 Å². The van der Waals surface area contributed by atoms with Crippen molar-refractivity contribution in [2.75, 3.05) is 46.5 Å². The number of β-amino-alcohol motifs (C(OH)–C–C–N with tert-alkyl or cyclic N) is 1. The Bertz CT molecular complexity index is 928. The number of nitrogens with zero attached hydrogens (tertiary/aromatic N) is 2. The molecule has 3 aliphatic rings. The van der Waals surface area contributed by atoms with E-state index in [1.54, 1.807) is 7.11 Å². The van der Waals surface area contributed by atoms with Gasteiger partial charge in [-0.3, -0.25) is 14.4 Å². The Balaban J connectivity index is 1.38. The number of piperidine rings is 1. The van der Waals surface area contributed by atoms with Crippen LogP contribution in [0.1, 0.15) is 54.9 Å². The number of likely N-dealkylation sites (tertiary alicyclic amines) is 2. The number of ether oxygens (including phenoxy) is 2. The molecule has 0 radical (unpaired) electrons. The number of methoxy groups -OCH3 is 1. The summed E-state index contributed by atoms with van der Waals surface area (Å²) in [6, 6.07) is 6.11. The number of hydrogen-bond acceptors (Lipinski definition) is 7. The summed E-state index contributed by atoms with van der Waals surface area (Å²) in [4.78, 5) is 42.6. The van der Waals surface area contributed by atoms with Crippen molar-refractivity contribution in [1.82, 2.24) is 15.1 Å². The second-order valence-electron chi connectivity index (χ2n) is 10.6. The average Bonchev–Trinajstić information content (AvgIpc) is 3.42. The first-order valence-electron chi connectivity index (χ1n) is 13.0. The lowest BCUT2D eigenvalue weighted by Gasteiger charge is -2.32. The second kappa shape index (κ2) is 11.8. The van der Waals surface area contributed by atoms with E-state index in [0.29, 0.717) is 17.9 Å². The highest BCUT2D eigenvalue weighted by atomic mass is 16.5. The minimum absolute atomic E-state index is 0.0311. The van der Waals surface area contributed by atoms with Crippen molar-refractivity contribution in [3.63, 3.8) is 0 Å². The monoisotopic (exact) mass is 501 g/mol. The molecule has 0 saturated carbocycles. The molecule has 0 aliphatic carbocycles. The SMILES string of the molecule is COCCN1CCC(c2ccc(C(=O)NC(CC(C)C)C(=O)N3C[C@H](O)[C@H]4OCC(=O)[C@H]43)cc2)CC1. The van der Waals surface area contributed by atoms with Gasteiger partial charge in [-0.25, -0.2) is 0 Å². The highest BCUT2D eigenvalue weighted by Gasteiger charge is 2.52. The van der Waals surface area contributed by atoms with Gasteiger partial charge in [0.2, 0.25) is 5.91 Å². The molecule has 0 bridgehead atoms. The Morgan fingerprint density at radius 3 is 2.53 bits per heavy atom. The number of carbonyl (C=O) groups is 3. The van der Waals surface area contributed by atoms with Crippen LogP contribution >= 0.6 is 0 Å². The molecule has 1 aromatic rings. The maximum atomic E-state index is 13.4. The predicted molar refractivity (Wildman–Crippen MR) is 134 cm³/mol. The van der Waals surface area contributed by atoms with Gasteiger partial charge in [0.1, 0.15) is 30.9 Å². The number of nitrogens with one attached hydrogen (secondary N) is 1. The van der Waals surface area contributed by atoms with Crippen molar-refractivity contribution in [1.29, 1.82) is 0 Å². The maximum absolute atomic E-state index is 13.4. The number of aliphatic hydroxyl groups excluding tert-OH is 1. The van der Waals surface area contributed by atoms with E-state index in [1.165, 1.54) is 10.5 Å². The number of carbonyl (C=O) groups excluding carboxylic acids is 3. The number of hydrogen-bond donors (Lipinski definition) is 2. The summed E-state index contributed by atoms with van der Waals surface area (Å²) in [7, 11) is 1.73. The van der Waals surface area contributed by atoms with Gasteiger partial charge in [-0.15, -0.1) is 0 Å². The number of fused-ring (bicyclic) bond motifs is 1. The van der Waals surface area contributed by atoms with Crippen LogP contribution in [0.2, 0.25) is 0 Å². The van der Waals surface area contributed by atoms with Crippen molar-refractivity contribution < 1.29 is 29.0 Å². The zero-order valence-corrected chi connectivity index (χ0v) is 21.5. The lowest BCUT2D eigenvalue weighted by atomic mass is 9.89. The summed E-state index contributed by atoms with van der Waals surface area (Å²) in [5, 5.41) is 13.2. The van der Waals surface area contributed by atoms with Crippen LogP contribution in [0, 0.1) is 5.92 Å². The van der Waals surface area contributed by atoms with Crippen molar-refractivity contribution in [2.24, 2.45) is 5.92 Å². The molecule has 3 aliphatic heterocycles. The van der Waals surface area contributed by atoms with E-state index in [9.17, 15) is 19.5 Å². The van der Waals surface area contributed by atoms with Gasteiger partial charge in [0, 0.05) is 19.2 Å². The molecule has 2 amide bonds. The Hall–Kier alpha value is -2.33. The van der Waals surface area contributed by atoms with Gasteiger partial charge in [-0.2, -0.15) is 0 Å². The largest absolute Gasteiger partial charge is 0.388 e. The fourth-order valence-electron chi connectivity index (χ4n) is 5.61. The molecule has 198 valence electrons. The number of rotatable bonds is 9. The first kappa shape index (κ1) is 26.7. The first-order chi connectivity index (χ1) is 17.3. The van der Waals surface area contributed by atoms with Crippen molar-refractivity contribution in [3.8, 4) is 0 Å². The third-order valence-corrected chi connectivity index (χ3v) is 7.59. The van der Waals surface area contributed by atoms with Crippen LogP contribution in [-0.4, -0.2) is 103 Å². The third-order valence-electron chi connectivity index (χ3n) is 7.59. The van der Waals surface area contributed by atoms with E-state index in [4.69, 9.17) is 9.47 Å². The van der Waals surface area contributed by atoms with E-state index in [2.05, 4.69) is 10.2 Å². The molecule has 2 N–H and O–H groups in total. The quantitative estimate of drug-likeness (QED) is 0.523. The molecule has 36 heavy (non-hydrogen) atoms. The molecule has 4 atom stereocenters. The minimum atomic E-state index is -0.903. The summed E-state index contributed by atoms with van der Waals surface area (Å²) in [6.07, 6.45) is 0.999. The summed E-state index contributed by atoms with van der Waals surface area (Å²) in [5.41, 5.74) is 1.72. The fourth-order valence-corrected chi connectivity index (χ4v) is 5.61. The van der Waals surface area contributed by atoms with Crippen molar-refractivity contribution >= 4 is 17.6 Å². The molecule has 0 aromatic heterocycles. The van der Waals surface area contributed by atoms with Crippen LogP contribution in [0.5, 0.6) is 0 Å². The highest BCUT2D eigenvalue weighted by molar-refractivity contribution is 5.99. The third kappa shape index (κ3) is 5.96. The van der Waals surface area contributed by atoms with E-state index in [-0.39, 0.29) is 36.7 Å². The zero-order chi connectivity index (χ0) is 25.8. The Labute approximate surface area is 213 Å². The van der Waals surface area contributed by atoms with Crippen LogP contribution in [0.4, 0.5) is 0 Å². The molecular formula is C27H39N3O6. The lowest BCUT2D eigenvalue weighted by molar-refractivity contribution is -0.138. The number of benzene rings is 1. The molecule has 1 aromatic carbocycles. The summed E-state index contributed by atoms with van der Waals surface area (Å²) in [5.74, 6) is -0.258. The molecule has 0 spiro atoms. The molecular weight excluding hydrogens is 462 g/mol. The van der Waals surface area contributed by atoms with Gasteiger partial charge in [0.05, 0.1) is 13.2 Å². The molecule has 3 saturated heterocycles. The van der Waals surface area contributed by atoms with Gasteiger partial charge < -0.3 is 29.7 Å². The normalized spacial score (nSPS) is 25.9. The predicted octanol–water partition coefficient (Wildman–Crippen LogP) is 1.20. The van der Waals surface area contributed by atoms with Crippen LogP contribution in [-0.2, 0) is 19.1 Å². The molecule has 9 heteroatoms. The molecule has 3 heterocycles. The molecule has 9 nitrogen and oxygen atoms in total. The van der Waals surface area contributed by atoms with Crippen LogP contribution < -0.4 is 5.32 Å². The summed E-state index contributed by atoms with van der Waals surface area (Å²) in [6.45, 7) is 7.67. The smallest absolute Gasteiger partial charge is 0.251 e. The lowest BCUT2D eigenvalue weighted by Crippen LogP contribution is -2.52. The van der Waals surface area contributed by atoms with Gasteiger partial charge in [-0.05, 0) is 61.9 Å². The standard InChI is InChI=1S/C27H39N3O6/c1-17(2)14-21(27(34)30-15-22(31)25-24(30)23(32)16-36-25)28-26(33)20-6-4-18(5-7-20)19-8-10-29(11-9-19)12-13-35-3/h4-7,17,19,21-22,24-25,31H,8-16H2,1-3H3,(H,28,33)/t21?,22-,24+,25+/m0/s1. The Kier molecular flexibility index (Phi) is 8.77. The second-order valence-corrected chi connectivity index (χ2v) is 10.6. The molecule has 4 rings (SSSR count). The number of amides is 2. The number of Topliss-reactive ketones (excluding diaryl/α,β-unsaturated/α-hetero) is 1. The van der Waals surface area contributed by atoms with E-state index < -0.39 is 24.3 Å². The van der Waals surface area contributed by atoms with Gasteiger partial charge >= 0.3 is 0 Å². The Morgan fingerprint density at radius 1 is 1.19 bits per heavy atom. The highest BCUT2D eigenvalue weighted by Crippen LogP contribution is 2.30. The zero-order valence-electron chi connectivity index (χ0n) is 21.5. The minimum Gasteiger partial charge on any atom is -0.388 e. The van der Waals surface area contributed by atoms with E-state index in [0.717, 1.165) is 39.1 Å². The fraction of sp³-hybridized carbons (Fsp3) is 0.667. The number of ketones is 1. The van der Waals surface area contributed by atoms with E-state index >= 15 is 0 Å². The van der Waals surface area contributed by atoms with Gasteiger partial charge in [-0.1, -0.05) is 26.0 Å². The number of aliphatic hydroxyl groups is 1. The molecule has 1 unspecified atom stereocenters. The van der Waals surface area contributed by atoms with Crippen molar-refractivity contribution in [2.45, 2.75) is 63.3 Å². The van der Waals surface area contributed by atoms with Crippen LogP contribution in [0.25, 0.3) is 0 Å². The van der Waals surface area contributed by atoms with Gasteiger partial charge in [0.15, 0.2) is 5.78 Å². The first-order valence-corrected chi connectivity index (χ1v) is 13.0. The van der Waals surface area contributed by atoms with Crippen LogP contribution in [0.15, 0.2) is 24.3 Å². The molecule has 3 fully saturated rings. The van der Waals surface area contributed by atoms with E-state index in [1.807, 2.05) is 38.1 Å².